The van der Waals surface area contributed by atoms with Crippen molar-refractivity contribution in [3.63, 3.8) is 0 Å². The highest BCUT2D eigenvalue weighted by Crippen LogP contribution is 2.16. The van der Waals surface area contributed by atoms with E-state index in [9.17, 15) is 0 Å². The lowest BCUT2D eigenvalue weighted by molar-refractivity contribution is 0.342. The van der Waals surface area contributed by atoms with Crippen LogP contribution in [0.15, 0.2) is 46.4 Å². The topological polar surface area (TPSA) is 61.3 Å². The maximum Gasteiger partial charge on any atom is 0.255 e. The van der Waals surface area contributed by atoms with Crippen LogP contribution in [0, 0.1) is 0 Å². The molecule has 1 aromatic carbocycles. The number of nitrogens with zero attached hydrogens (tertiary/aromatic N) is 1. The number of rotatable bonds is 6. The van der Waals surface area contributed by atoms with Gasteiger partial charge in [0.15, 0.2) is 0 Å². The molecule has 4 nitrogen and oxygen atoms in total. The van der Waals surface area contributed by atoms with E-state index in [2.05, 4.69) is 4.98 Å². The monoisotopic (exact) mass is 250 g/mol. The lowest BCUT2D eigenvalue weighted by Crippen LogP contribution is -2.01. The summed E-state index contributed by atoms with van der Waals surface area (Å²) in [6.07, 6.45) is 3.20. The van der Waals surface area contributed by atoms with E-state index in [0.717, 1.165) is 17.1 Å². The third-order valence-electron chi connectivity index (χ3n) is 2.12. The summed E-state index contributed by atoms with van der Waals surface area (Å²) in [4.78, 5) is 4.01. The summed E-state index contributed by atoms with van der Waals surface area (Å²) in [5.41, 5.74) is 6.63. The van der Waals surface area contributed by atoms with E-state index in [0.29, 0.717) is 18.4 Å². The van der Waals surface area contributed by atoms with Crippen molar-refractivity contribution in [2.75, 3.05) is 12.4 Å². The zero-order valence-electron chi connectivity index (χ0n) is 9.33. The molecule has 2 aromatic rings. The van der Waals surface area contributed by atoms with Crippen LogP contribution in [-0.4, -0.2) is 17.3 Å². The second-order valence-corrected chi connectivity index (χ2v) is 4.39. The van der Waals surface area contributed by atoms with E-state index in [1.165, 1.54) is 11.8 Å². The largest absolute Gasteiger partial charge is 0.493 e. The minimum Gasteiger partial charge on any atom is -0.493 e. The summed E-state index contributed by atoms with van der Waals surface area (Å²) < 4.78 is 10.7. The standard InChI is InChI=1S/C12H14N2O2S/c13-9-10-2-1-3-11(8-10)15-6-7-17-12-14-4-5-16-12/h1-5,8H,6-7,9,13H2. The lowest BCUT2D eigenvalue weighted by Gasteiger charge is -2.06. The fourth-order valence-electron chi connectivity index (χ4n) is 1.33. The molecule has 5 heteroatoms. The van der Waals surface area contributed by atoms with E-state index in [-0.39, 0.29) is 0 Å². The molecule has 0 aliphatic heterocycles. The molecule has 0 radical (unpaired) electrons. The molecule has 0 fully saturated rings. The van der Waals surface area contributed by atoms with Crippen LogP contribution < -0.4 is 10.5 Å². The Balaban J connectivity index is 1.74. The van der Waals surface area contributed by atoms with Gasteiger partial charge in [0, 0.05) is 12.3 Å². The molecule has 0 aliphatic rings. The van der Waals surface area contributed by atoms with Gasteiger partial charge in [-0.15, -0.1) is 0 Å². The van der Waals surface area contributed by atoms with Gasteiger partial charge >= 0.3 is 0 Å². The molecule has 1 heterocycles. The Bertz CT molecular complexity index is 446. The zero-order chi connectivity index (χ0) is 11.9. The van der Waals surface area contributed by atoms with Gasteiger partial charge in [0.05, 0.1) is 12.8 Å². The molecule has 0 saturated carbocycles. The minimum atomic E-state index is 0.530. The first-order valence-corrected chi connectivity index (χ1v) is 6.31. The molecule has 17 heavy (non-hydrogen) atoms. The third kappa shape index (κ3) is 3.80. The van der Waals surface area contributed by atoms with Crippen molar-refractivity contribution in [3.8, 4) is 5.75 Å². The Kier molecular flexibility index (Phi) is 4.46. The van der Waals surface area contributed by atoms with Crippen LogP contribution in [0.4, 0.5) is 0 Å². The molecule has 0 spiro atoms. The first-order chi connectivity index (χ1) is 8.38. The van der Waals surface area contributed by atoms with Gasteiger partial charge in [-0.3, -0.25) is 0 Å². The summed E-state index contributed by atoms with van der Waals surface area (Å²) in [6.45, 7) is 1.14. The summed E-state index contributed by atoms with van der Waals surface area (Å²) >= 11 is 1.53. The highest BCUT2D eigenvalue weighted by Gasteiger charge is 1.99. The summed E-state index contributed by atoms with van der Waals surface area (Å²) in [5.74, 6) is 1.65. The van der Waals surface area contributed by atoms with Crippen molar-refractivity contribution < 1.29 is 9.15 Å². The number of aromatic nitrogens is 1. The van der Waals surface area contributed by atoms with Crippen LogP contribution in [0.2, 0.25) is 0 Å². The van der Waals surface area contributed by atoms with Crippen LogP contribution >= 0.6 is 11.8 Å². The summed E-state index contributed by atoms with van der Waals surface area (Å²) in [7, 11) is 0. The SMILES string of the molecule is NCc1cccc(OCCSc2ncco2)c1. The molecule has 0 bridgehead atoms. The predicted molar refractivity (Wildman–Crippen MR) is 67.1 cm³/mol. The van der Waals surface area contributed by atoms with Crippen LogP contribution in [-0.2, 0) is 6.54 Å². The fourth-order valence-corrected chi connectivity index (χ4v) is 1.93. The van der Waals surface area contributed by atoms with Crippen molar-refractivity contribution in [1.82, 2.24) is 4.98 Å². The Morgan fingerprint density at radius 1 is 1.41 bits per heavy atom. The van der Waals surface area contributed by atoms with E-state index < -0.39 is 0 Å². The number of benzene rings is 1. The molecule has 90 valence electrons. The first-order valence-electron chi connectivity index (χ1n) is 5.32. The van der Waals surface area contributed by atoms with Crippen molar-refractivity contribution >= 4 is 11.8 Å². The van der Waals surface area contributed by atoms with Crippen LogP contribution in [0.3, 0.4) is 0 Å². The lowest BCUT2D eigenvalue weighted by atomic mass is 10.2. The van der Waals surface area contributed by atoms with Gasteiger partial charge in [0.2, 0.25) is 0 Å². The molecule has 0 amide bonds. The van der Waals surface area contributed by atoms with E-state index in [4.69, 9.17) is 14.9 Å². The van der Waals surface area contributed by atoms with Crippen molar-refractivity contribution in [2.45, 2.75) is 11.8 Å². The molecule has 0 saturated heterocycles. The van der Waals surface area contributed by atoms with Gasteiger partial charge in [-0.2, -0.15) is 0 Å². The zero-order valence-corrected chi connectivity index (χ0v) is 10.2. The van der Waals surface area contributed by atoms with Crippen LogP contribution in [0.1, 0.15) is 5.56 Å². The Labute approximate surface area is 104 Å². The van der Waals surface area contributed by atoms with E-state index >= 15 is 0 Å². The van der Waals surface area contributed by atoms with Crippen LogP contribution in [0.25, 0.3) is 0 Å². The number of thioether (sulfide) groups is 1. The van der Waals surface area contributed by atoms with Gasteiger partial charge in [0.1, 0.15) is 12.0 Å². The predicted octanol–water partition coefficient (Wildman–Crippen LogP) is 2.30. The average molecular weight is 250 g/mol. The van der Waals surface area contributed by atoms with Crippen molar-refractivity contribution in [2.24, 2.45) is 5.73 Å². The molecule has 0 aliphatic carbocycles. The first kappa shape index (κ1) is 12.0. The Morgan fingerprint density at radius 3 is 3.12 bits per heavy atom. The maximum absolute atomic E-state index is 5.60. The number of oxazole rings is 1. The van der Waals surface area contributed by atoms with Crippen molar-refractivity contribution in [1.29, 1.82) is 0 Å². The molecular formula is C12H14N2O2S. The summed E-state index contributed by atoms with van der Waals surface area (Å²) in [6, 6.07) is 7.80. The number of ether oxygens (including phenoxy) is 1. The average Bonchev–Trinajstić information content (AvgIpc) is 2.88. The van der Waals surface area contributed by atoms with Gasteiger partial charge in [-0.25, -0.2) is 4.98 Å². The van der Waals surface area contributed by atoms with Crippen molar-refractivity contribution in [3.05, 3.63) is 42.3 Å². The maximum atomic E-state index is 5.60. The number of hydrogen-bond acceptors (Lipinski definition) is 5. The van der Waals surface area contributed by atoms with Gasteiger partial charge in [-0.05, 0) is 17.7 Å². The third-order valence-corrected chi connectivity index (χ3v) is 2.94. The van der Waals surface area contributed by atoms with Gasteiger partial charge in [-0.1, -0.05) is 23.9 Å². The summed E-state index contributed by atoms with van der Waals surface area (Å²) in [5, 5.41) is 0.671. The highest BCUT2D eigenvalue weighted by molar-refractivity contribution is 7.99. The second-order valence-electron chi connectivity index (χ2n) is 3.35. The number of hydrogen-bond donors (Lipinski definition) is 1. The fraction of sp³-hybridized carbons (Fsp3) is 0.250. The minimum absolute atomic E-state index is 0.530. The molecule has 1 aromatic heterocycles. The quantitative estimate of drug-likeness (QED) is 0.629. The normalized spacial score (nSPS) is 10.4. The smallest absolute Gasteiger partial charge is 0.255 e. The second kappa shape index (κ2) is 6.32. The number of nitrogens with two attached hydrogens (primary N) is 1. The van der Waals surface area contributed by atoms with E-state index in [1.807, 2.05) is 24.3 Å². The molecule has 0 atom stereocenters. The highest BCUT2D eigenvalue weighted by atomic mass is 32.2. The molecule has 0 unspecified atom stereocenters. The van der Waals surface area contributed by atoms with E-state index in [1.54, 1.807) is 12.5 Å². The molecular weight excluding hydrogens is 236 g/mol. The van der Waals surface area contributed by atoms with Crippen LogP contribution in [0.5, 0.6) is 5.75 Å². The Hall–Kier alpha value is -1.46. The van der Waals surface area contributed by atoms with Gasteiger partial charge in [0.25, 0.3) is 5.22 Å². The molecule has 2 N–H and O–H groups in total. The van der Waals surface area contributed by atoms with Gasteiger partial charge < -0.3 is 14.9 Å². The Morgan fingerprint density at radius 2 is 2.35 bits per heavy atom. The molecule has 2 rings (SSSR count).